The number of imidazole rings is 2. The van der Waals surface area contributed by atoms with E-state index in [0.29, 0.717) is 11.8 Å². The molecule has 0 atom stereocenters. The van der Waals surface area contributed by atoms with E-state index >= 15 is 0 Å². The molecule has 5 N–H and O–H groups in total. The van der Waals surface area contributed by atoms with Crippen molar-refractivity contribution in [3.63, 3.8) is 0 Å². The lowest BCUT2D eigenvalue weighted by molar-refractivity contribution is 1.10. The first kappa shape index (κ1) is 7.02. The van der Waals surface area contributed by atoms with E-state index in [1.807, 2.05) is 18.2 Å². The van der Waals surface area contributed by atoms with Crippen molar-refractivity contribution in [3.8, 4) is 0 Å². The number of nitrogens with two attached hydrogens (primary N) is 2. The fraction of sp³-hybridized carbons (Fsp3) is 0.286. The van der Waals surface area contributed by atoms with Gasteiger partial charge in [-0.05, 0) is 13.8 Å². The summed E-state index contributed by atoms with van der Waals surface area (Å²) in [7, 11) is 0. The van der Waals surface area contributed by atoms with E-state index in [1.54, 1.807) is 0 Å². The molecule has 0 aliphatic carbocycles. The molecule has 5 heteroatoms. The molecule has 0 amide bonds. The molecule has 0 aromatic carbocycles. The summed E-state index contributed by atoms with van der Waals surface area (Å²) in [6.07, 6.45) is 0. The highest BCUT2D eigenvalue weighted by atomic mass is 15.2. The van der Waals surface area contributed by atoms with Crippen LogP contribution in [0.5, 0.6) is 0 Å². The Morgan fingerprint density at radius 2 is 2.00 bits per heavy atom. The predicted octanol–water partition coefficient (Wildman–Crippen LogP) is 0.444. The van der Waals surface area contributed by atoms with Crippen LogP contribution in [0.2, 0.25) is 0 Å². The Hall–Kier alpha value is -1.65. The lowest BCUT2D eigenvalue weighted by Gasteiger charge is -1.91. The monoisotopic (exact) mass is 165 g/mol. The summed E-state index contributed by atoms with van der Waals surface area (Å²) in [5.41, 5.74) is 14.1. The van der Waals surface area contributed by atoms with Crippen LogP contribution in [-0.2, 0) is 0 Å². The Labute approximate surface area is 69.4 Å². The number of H-pyrrole nitrogens is 1. The summed E-state index contributed by atoms with van der Waals surface area (Å²) < 4.78 is 1.81. The normalized spacial score (nSPS) is 11.2. The molecule has 0 aliphatic heterocycles. The molecule has 0 bridgehead atoms. The van der Waals surface area contributed by atoms with Gasteiger partial charge >= 0.3 is 0 Å². The highest BCUT2D eigenvalue weighted by molar-refractivity contribution is 5.66. The van der Waals surface area contributed by atoms with Gasteiger partial charge in [0, 0.05) is 11.4 Å². The fourth-order valence-electron chi connectivity index (χ4n) is 1.35. The smallest absolute Gasteiger partial charge is 0.208 e. The summed E-state index contributed by atoms with van der Waals surface area (Å²) >= 11 is 0. The van der Waals surface area contributed by atoms with E-state index in [1.165, 1.54) is 0 Å². The molecule has 2 rings (SSSR count). The van der Waals surface area contributed by atoms with Crippen LogP contribution in [0.15, 0.2) is 0 Å². The number of aromatic nitrogens is 3. The molecular weight excluding hydrogens is 154 g/mol. The molecule has 0 saturated carbocycles. The standard InChI is InChI=1S/C7H11N5/c1-3-4(2)12-6(10-3)5(8)11-7(12)9/h10H,8H2,1-2H3,(H2,9,11). The van der Waals surface area contributed by atoms with Gasteiger partial charge in [-0.3, -0.25) is 4.40 Å². The van der Waals surface area contributed by atoms with Gasteiger partial charge in [0.25, 0.3) is 0 Å². The van der Waals surface area contributed by atoms with Crippen molar-refractivity contribution in [3.05, 3.63) is 11.4 Å². The van der Waals surface area contributed by atoms with Gasteiger partial charge in [0.15, 0.2) is 11.5 Å². The number of anilines is 2. The van der Waals surface area contributed by atoms with Crippen molar-refractivity contribution < 1.29 is 0 Å². The van der Waals surface area contributed by atoms with Crippen molar-refractivity contribution in [1.82, 2.24) is 14.4 Å². The maximum absolute atomic E-state index is 5.64. The van der Waals surface area contributed by atoms with Gasteiger partial charge in [-0.2, -0.15) is 4.98 Å². The van der Waals surface area contributed by atoms with Crippen LogP contribution in [0.1, 0.15) is 11.4 Å². The second-order valence-electron chi connectivity index (χ2n) is 2.87. The molecule has 0 spiro atoms. The minimum atomic E-state index is 0.435. The van der Waals surface area contributed by atoms with Gasteiger partial charge in [-0.25, -0.2) is 0 Å². The van der Waals surface area contributed by atoms with Crippen molar-refractivity contribution in [2.75, 3.05) is 11.5 Å². The lowest BCUT2D eigenvalue weighted by atomic mass is 10.4. The Bertz CT molecular complexity index is 436. The van der Waals surface area contributed by atoms with Crippen molar-refractivity contribution in [2.45, 2.75) is 13.8 Å². The number of hydrogen-bond acceptors (Lipinski definition) is 3. The third-order valence-corrected chi connectivity index (χ3v) is 2.11. The number of nitrogen functional groups attached to an aromatic ring is 2. The van der Waals surface area contributed by atoms with E-state index in [4.69, 9.17) is 11.5 Å². The molecule has 2 aromatic heterocycles. The Morgan fingerprint density at radius 1 is 1.33 bits per heavy atom. The third kappa shape index (κ3) is 0.650. The van der Waals surface area contributed by atoms with Gasteiger partial charge in [-0.1, -0.05) is 0 Å². The third-order valence-electron chi connectivity index (χ3n) is 2.11. The zero-order valence-corrected chi connectivity index (χ0v) is 7.05. The largest absolute Gasteiger partial charge is 0.381 e. The minimum absolute atomic E-state index is 0.435. The molecule has 12 heavy (non-hydrogen) atoms. The number of nitrogens with one attached hydrogen (secondary N) is 1. The molecule has 5 nitrogen and oxygen atoms in total. The Kier molecular flexibility index (Phi) is 1.13. The maximum atomic E-state index is 5.64. The van der Waals surface area contributed by atoms with Crippen LogP contribution in [-0.4, -0.2) is 14.4 Å². The summed E-state index contributed by atoms with van der Waals surface area (Å²) in [5, 5.41) is 0. The van der Waals surface area contributed by atoms with Gasteiger partial charge in [0.1, 0.15) is 0 Å². The summed E-state index contributed by atoms with van der Waals surface area (Å²) in [6.45, 7) is 3.94. The van der Waals surface area contributed by atoms with Crippen molar-refractivity contribution in [2.24, 2.45) is 0 Å². The fourth-order valence-corrected chi connectivity index (χ4v) is 1.35. The van der Waals surface area contributed by atoms with E-state index in [2.05, 4.69) is 9.97 Å². The second-order valence-corrected chi connectivity index (χ2v) is 2.87. The predicted molar refractivity (Wildman–Crippen MR) is 47.8 cm³/mol. The SMILES string of the molecule is Cc1[nH]c2c(N)nc(N)n2c1C. The molecule has 0 saturated heterocycles. The first-order valence-corrected chi connectivity index (χ1v) is 3.70. The first-order chi connectivity index (χ1) is 5.61. The zero-order valence-electron chi connectivity index (χ0n) is 7.05. The quantitative estimate of drug-likeness (QED) is 0.529. The summed E-state index contributed by atoms with van der Waals surface area (Å²) in [5.74, 6) is 0.882. The number of fused-ring (bicyclic) bond motifs is 1. The van der Waals surface area contributed by atoms with E-state index in [0.717, 1.165) is 17.0 Å². The van der Waals surface area contributed by atoms with Gasteiger partial charge in [-0.15, -0.1) is 0 Å². The number of nitrogens with zero attached hydrogens (tertiary/aromatic N) is 2. The van der Waals surface area contributed by atoms with Crippen LogP contribution in [0, 0.1) is 13.8 Å². The van der Waals surface area contributed by atoms with E-state index < -0.39 is 0 Å². The average molecular weight is 165 g/mol. The highest BCUT2D eigenvalue weighted by Crippen LogP contribution is 2.19. The van der Waals surface area contributed by atoms with Crippen LogP contribution < -0.4 is 11.5 Å². The molecule has 0 radical (unpaired) electrons. The van der Waals surface area contributed by atoms with E-state index in [-0.39, 0.29) is 0 Å². The molecule has 0 aliphatic rings. The van der Waals surface area contributed by atoms with Crippen molar-refractivity contribution in [1.29, 1.82) is 0 Å². The van der Waals surface area contributed by atoms with Crippen LogP contribution in [0.4, 0.5) is 11.8 Å². The molecular formula is C7H11N5. The highest BCUT2D eigenvalue weighted by Gasteiger charge is 2.11. The molecule has 2 heterocycles. The maximum Gasteiger partial charge on any atom is 0.208 e. The molecule has 0 fully saturated rings. The van der Waals surface area contributed by atoms with Crippen LogP contribution in [0.3, 0.4) is 0 Å². The lowest BCUT2D eigenvalue weighted by Crippen LogP contribution is -1.94. The van der Waals surface area contributed by atoms with Crippen LogP contribution in [0.25, 0.3) is 5.65 Å². The molecule has 2 aromatic rings. The topological polar surface area (TPSA) is 85.1 Å². The van der Waals surface area contributed by atoms with Gasteiger partial charge in [0.2, 0.25) is 5.95 Å². The van der Waals surface area contributed by atoms with Crippen molar-refractivity contribution >= 4 is 17.4 Å². The van der Waals surface area contributed by atoms with Gasteiger partial charge < -0.3 is 16.5 Å². The first-order valence-electron chi connectivity index (χ1n) is 3.70. The number of hydrogen-bond donors (Lipinski definition) is 3. The van der Waals surface area contributed by atoms with E-state index in [9.17, 15) is 0 Å². The summed E-state index contributed by atoms with van der Waals surface area (Å²) in [4.78, 5) is 7.05. The molecule has 64 valence electrons. The van der Waals surface area contributed by atoms with Crippen LogP contribution >= 0.6 is 0 Å². The Balaban J connectivity index is 2.98. The minimum Gasteiger partial charge on any atom is -0.381 e. The number of aromatic amines is 1. The average Bonchev–Trinajstić information content (AvgIpc) is 2.41. The molecule has 0 unspecified atom stereocenters. The Morgan fingerprint density at radius 3 is 2.58 bits per heavy atom. The number of aryl methyl sites for hydroxylation is 2. The van der Waals surface area contributed by atoms with Gasteiger partial charge in [0.05, 0.1) is 0 Å². The number of rotatable bonds is 0. The summed E-state index contributed by atoms with van der Waals surface area (Å²) in [6, 6.07) is 0. The second kappa shape index (κ2) is 1.94. The zero-order chi connectivity index (χ0) is 8.88.